The molecule has 0 bridgehead atoms. The standard InChI is InChI=1S/C18H18FN5O/c1-24-12-15(11-23-24)17-14(3-2-8-20-17)10-22-18(25)21-9-13-4-6-16(19)7-5-13/h2-8,11-12H,9-10H2,1H3,(H2,21,22,25). The molecular weight excluding hydrogens is 321 g/mol. The van der Waals surface area contributed by atoms with Gasteiger partial charge in [-0.25, -0.2) is 9.18 Å². The summed E-state index contributed by atoms with van der Waals surface area (Å²) in [5.74, 6) is -0.298. The van der Waals surface area contributed by atoms with E-state index < -0.39 is 0 Å². The third kappa shape index (κ3) is 4.41. The zero-order chi connectivity index (χ0) is 17.6. The summed E-state index contributed by atoms with van der Waals surface area (Å²) < 4.78 is 14.6. The predicted molar refractivity (Wildman–Crippen MR) is 91.9 cm³/mol. The van der Waals surface area contributed by atoms with E-state index in [2.05, 4.69) is 20.7 Å². The first-order valence-electron chi connectivity index (χ1n) is 7.81. The normalized spacial score (nSPS) is 10.5. The van der Waals surface area contributed by atoms with Crippen molar-refractivity contribution in [2.75, 3.05) is 0 Å². The first kappa shape index (κ1) is 16.6. The monoisotopic (exact) mass is 339 g/mol. The van der Waals surface area contributed by atoms with Gasteiger partial charge in [0.05, 0.1) is 11.9 Å². The highest BCUT2D eigenvalue weighted by atomic mass is 19.1. The quantitative estimate of drug-likeness (QED) is 0.750. The topological polar surface area (TPSA) is 71.8 Å². The molecule has 0 saturated carbocycles. The maximum Gasteiger partial charge on any atom is 0.315 e. The van der Waals surface area contributed by atoms with E-state index in [1.54, 1.807) is 29.2 Å². The van der Waals surface area contributed by atoms with Crippen LogP contribution >= 0.6 is 0 Å². The molecule has 2 N–H and O–H groups in total. The Bertz CT molecular complexity index is 860. The van der Waals surface area contributed by atoms with Gasteiger partial charge in [0.25, 0.3) is 0 Å². The van der Waals surface area contributed by atoms with Crippen LogP contribution in [0.15, 0.2) is 55.0 Å². The Morgan fingerprint density at radius 3 is 2.64 bits per heavy atom. The van der Waals surface area contributed by atoms with Gasteiger partial charge in [0, 0.05) is 38.1 Å². The average molecular weight is 339 g/mol. The second kappa shape index (κ2) is 7.57. The van der Waals surface area contributed by atoms with Crippen molar-refractivity contribution >= 4 is 6.03 Å². The van der Waals surface area contributed by atoms with Gasteiger partial charge in [-0.05, 0) is 29.3 Å². The van der Waals surface area contributed by atoms with E-state index in [1.165, 1.54) is 12.1 Å². The molecule has 2 aromatic heterocycles. The maximum absolute atomic E-state index is 12.9. The van der Waals surface area contributed by atoms with Gasteiger partial charge in [-0.2, -0.15) is 5.10 Å². The molecule has 128 valence electrons. The minimum absolute atomic E-state index is 0.298. The van der Waals surface area contributed by atoms with Crippen LogP contribution in [0.4, 0.5) is 9.18 Å². The lowest BCUT2D eigenvalue weighted by atomic mass is 10.1. The van der Waals surface area contributed by atoms with Gasteiger partial charge in [-0.3, -0.25) is 9.67 Å². The minimum Gasteiger partial charge on any atom is -0.334 e. The van der Waals surface area contributed by atoms with Crippen LogP contribution < -0.4 is 10.6 Å². The third-order valence-corrected chi connectivity index (χ3v) is 3.68. The van der Waals surface area contributed by atoms with Crippen LogP contribution in [0.5, 0.6) is 0 Å². The number of benzene rings is 1. The van der Waals surface area contributed by atoms with Gasteiger partial charge in [-0.1, -0.05) is 18.2 Å². The fraction of sp³-hybridized carbons (Fsp3) is 0.167. The molecule has 0 aliphatic heterocycles. The number of aryl methyl sites for hydroxylation is 1. The van der Waals surface area contributed by atoms with E-state index in [-0.39, 0.29) is 11.8 Å². The Balaban J connectivity index is 1.58. The summed E-state index contributed by atoms with van der Waals surface area (Å²) in [7, 11) is 1.84. The van der Waals surface area contributed by atoms with E-state index in [0.717, 1.165) is 22.4 Å². The van der Waals surface area contributed by atoms with Crippen molar-refractivity contribution in [3.63, 3.8) is 0 Å². The first-order valence-corrected chi connectivity index (χ1v) is 7.81. The maximum atomic E-state index is 12.9. The number of carbonyl (C=O) groups is 1. The lowest BCUT2D eigenvalue weighted by molar-refractivity contribution is 0.240. The van der Waals surface area contributed by atoms with E-state index in [1.807, 2.05) is 25.4 Å². The average Bonchev–Trinajstić information content (AvgIpc) is 3.06. The fourth-order valence-corrected chi connectivity index (χ4v) is 2.41. The van der Waals surface area contributed by atoms with E-state index in [0.29, 0.717) is 13.1 Å². The molecule has 25 heavy (non-hydrogen) atoms. The van der Waals surface area contributed by atoms with Crippen LogP contribution in [-0.2, 0) is 20.1 Å². The van der Waals surface area contributed by atoms with Crippen LogP contribution in [0.1, 0.15) is 11.1 Å². The van der Waals surface area contributed by atoms with E-state index >= 15 is 0 Å². The minimum atomic E-state index is -0.301. The first-order chi connectivity index (χ1) is 12.1. The molecule has 0 spiro atoms. The van der Waals surface area contributed by atoms with Crippen molar-refractivity contribution in [2.24, 2.45) is 7.05 Å². The molecule has 6 nitrogen and oxygen atoms in total. The van der Waals surface area contributed by atoms with E-state index in [4.69, 9.17) is 0 Å². The summed E-state index contributed by atoms with van der Waals surface area (Å²) in [5, 5.41) is 9.70. The summed E-state index contributed by atoms with van der Waals surface area (Å²) in [4.78, 5) is 16.4. The molecule has 1 aromatic carbocycles. The second-order valence-corrected chi connectivity index (χ2v) is 5.58. The number of hydrogen-bond donors (Lipinski definition) is 2. The lowest BCUT2D eigenvalue weighted by Crippen LogP contribution is -2.34. The summed E-state index contributed by atoms with van der Waals surface area (Å²) in [6.07, 6.45) is 5.32. The third-order valence-electron chi connectivity index (χ3n) is 3.68. The Morgan fingerprint density at radius 2 is 1.92 bits per heavy atom. The highest BCUT2D eigenvalue weighted by molar-refractivity contribution is 5.74. The van der Waals surface area contributed by atoms with E-state index in [9.17, 15) is 9.18 Å². The number of urea groups is 1. The van der Waals surface area contributed by atoms with Crippen LogP contribution in [0.25, 0.3) is 11.3 Å². The molecule has 0 aliphatic carbocycles. The molecule has 2 amide bonds. The number of nitrogens with zero attached hydrogens (tertiary/aromatic N) is 3. The Labute approximate surface area is 144 Å². The number of halogens is 1. The number of rotatable bonds is 5. The molecule has 3 aromatic rings. The van der Waals surface area contributed by atoms with Crippen molar-refractivity contribution in [3.8, 4) is 11.3 Å². The fourth-order valence-electron chi connectivity index (χ4n) is 2.41. The van der Waals surface area contributed by atoms with Crippen LogP contribution in [-0.4, -0.2) is 20.8 Å². The second-order valence-electron chi connectivity index (χ2n) is 5.58. The number of hydrogen-bond acceptors (Lipinski definition) is 3. The van der Waals surface area contributed by atoms with Gasteiger partial charge in [0.2, 0.25) is 0 Å². The summed E-state index contributed by atoms with van der Waals surface area (Å²) >= 11 is 0. The molecule has 0 atom stereocenters. The van der Waals surface area contributed by atoms with Gasteiger partial charge >= 0.3 is 6.03 Å². The zero-order valence-electron chi connectivity index (χ0n) is 13.7. The van der Waals surface area contributed by atoms with Gasteiger partial charge < -0.3 is 10.6 Å². The number of pyridine rings is 1. The molecule has 0 fully saturated rings. The molecule has 0 aliphatic rings. The molecule has 2 heterocycles. The number of carbonyl (C=O) groups excluding carboxylic acids is 1. The summed E-state index contributed by atoms with van der Waals surface area (Å²) in [6.45, 7) is 0.669. The van der Waals surface area contributed by atoms with Gasteiger partial charge in [0.1, 0.15) is 5.82 Å². The highest BCUT2D eigenvalue weighted by Gasteiger charge is 2.09. The summed E-state index contributed by atoms with van der Waals surface area (Å²) in [5.41, 5.74) is 3.41. The Hall–Kier alpha value is -3.22. The van der Waals surface area contributed by atoms with Crippen molar-refractivity contribution in [1.29, 1.82) is 0 Å². The number of amides is 2. The molecule has 7 heteroatoms. The zero-order valence-corrected chi connectivity index (χ0v) is 13.7. The Morgan fingerprint density at radius 1 is 1.16 bits per heavy atom. The number of aromatic nitrogens is 3. The van der Waals surface area contributed by atoms with Crippen molar-refractivity contribution < 1.29 is 9.18 Å². The molecule has 0 unspecified atom stereocenters. The van der Waals surface area contributed by atoms with Crippen LogP contribution in [0, 0.1) is 5.82 Å². The largest absolute Gasteiger partial charge is 0.334 e. The predicted octanol–water partition coefficient (Wildman–Crippen LogP) is 2.62. The van der Waals surface area contributed by atoms with Crippen molar-refractivity contribution in [1.82, 2.24) is 25.4 Å². The lowest BCUT2D eigenvalue weighted by Gasteiger charge is -2.10. The molecule has 0 saturated heterocycles. The van der Waals surface area contributed by atoms with Crippen LogP contribution in [0.3, 0.4) is 0 Å². The van der Waals surface area contributed by atoms with Crippen LogP contribution in [0.2, 0.25) is 0 Å². The van der Waals surface area contributed by atoms with Gasteiger partial charge in [-0.15, -0.1) is 0 Å². The summed E-state index contributed by atoms with van der Waals surface area (Å²) in [6, 6.07) is 9.44. The van der Waals surface area contributed by atoms with Crippen molar-refractivity contribution in [2.45, 2.75) is 13.1 Å². The molecular formula is C18H18FN5O. The smallest absolute Gasteiger partial charge is 0.315 e. The van der Waals surface area contributed by atoms with Crippen molar-refractivity contribution in [3.05, 3.63) is 71.9 Å². The molecule has 0 radical (unpaired) electrons. The Kier molecular flexibility index (Phi) is 5.03. The molecule has 3 rings (SSSR count). The SMILES string of the molecule is Cn1cc(-c2ncccc2CNC(=O)NCc2ccc(F)cc2)cn1. The number of nitrogens with one attached hydrogen (secondary N) is 2. The van der Waals surface area contributed by atoms with Gasteiger partial charge in [0.15, 0.2) is 0 Å². The highest BCUT2D eigenvalue weighted by Crippen LogP contribution is 2.20.